The van der Waals surface area contributed by atoms with Crippen LogP contribution in [0.2, 0.25) is 0 Å². The van der Waals surface area contributed by atoms with Crippen molar-refractivity contribution in [1.29, 1.82) is 0 Å². The second kappa shape index (κ2) is 6.01. The zero-order chi connectivity index (χ0) is 13.0. The lowest BCUT2D eigenvalue weighted by Crippen LogP contribution is -2.43. The number of nitrogens with zero attached hydrogens (tertiary/aromatic N) is 1. The average molecular weight is 247 g/mol. The first kappa shape index (κ1) is 13.1. The summed E-state index contributed by atoms with van der Waals surface area (Å²) in [5.41, 5.74) is 1.91. The van der Waals surface area contributed by atoms with Crippen molar-refractivity contribution in [1.82, 2.24) is 4.90 Å². The van der Waals surface area contributed by atoms with Crippen LogP contribution in [-0.4, -0.2) is 36.6 Å². The van der Waals surface area contributed by atoms with Crippen molar-refractivity contribution in [3.05, 3.63) is 35.4 Å². The Morgan fingerprint density at radius 2 is 2.33 bits per heavy atom. The number of amides is 1. The maximum atomic E-state index is 12.4. The van der Waals surface area contributed by atoms with Crippen LogP contribution < -0.4 is 0 Å². The summed E-state index contributed by atoms with van der Waals surface area (Å²) in [6.45, 7) is 6.30. The van der Waals surface area contributed by atoms with Crippen LogP contribution in [0.4, 0.5) is 0 Å². The molecule has 1 aromatic rings. The molecule has 3 nitrogen and oxygen atoms in total. The summed E-state index contributed by atoms with van der Waals surface area (Å²) in [6, 6.07) is 7.79. The van der Waals surface area contributed by atoms with Crippen LogP contribution >= 0.6 is 0 Å². The fourth-order valence-corrected chi connectivity index (χ4v) is 2.46. The Labute approximate surface area is 109 Å². The second-order valence-corrected chi connectivity index (χ2v) is 4.84. The zero-order valence-corrected chi connectivity index (χ0v) is 11.2. The molecule has 18 heavy (non-hydrogen) atoms. The van der Waals surface area contributed by atoms with E-state index >= 15 is 0 Å². The van der Waals surface area contributed by atoms with Gasteiger partial charge in [0.1, 0.15) is 0 Å². The molecule has 0 aromatic heterocycles. The predicted molar refractivity (Wildman–Crippen MR) is 71.7 cm³/mol. The van der Waals surface area contributed by atoms with E-state index in [2.05, 4.69) is 0 Å². The summed E-state index contributed by atoms with van der Waals surface area (Å²) in [6.07, 6.45) is 2.30. The third kappa shape index (κ3) is 3.10. The Kier molecular flexibility index (Phi) is 4.37. The van der Waals surface area contributed by atoms with Gasteiger partial charge in [0.15, 0.2) is 0 Å². The molecule has 1 unspecified atom stereocenters. The van der Waals surface area contributed by atoms with Crippen LogP contribution in [0.3, 0.4) is 0 Å². The molecule has 0 radical (unpaired) electrons. The van der Waals surface area contributed by atoms with Gasteiger partial charge in [0.25, 0.3) is 5.91 Å². The summed E-state index contributed by atoms with van der Waals surface area (Å²) in [4.78, 5) is 14.3. The Bertz CT molecular complexity index is 415. The number of hydrogen-bond donors (Lipinski definition) is 0. The maximum Gasteiger partial charge on any atom is 0.253 e. The molecule has 1 fully saturated rings. The van der Waals surface area contributed by atoms with Gasteiger partial charge in [-0.25, -0.2) is 0 Å². The zero-order valence-electron chi connectivity index (χ0n) is 11.2. The van der Waals surface area contributed by atoms with Gasteiger partial charge in [-0.15, -0.1) is 0 Å². The highest BCUT2D eigenvalue weighted by Gasteiger charge is 2.24. The lowest BCUT2D eigenvalue weighted by atomic mass is 10.1. The summed E-state index contributed by atoms with van der Waals surface area (Å²) < 4.78 is 5.63. The summed E-state index contributed by atoms with van der Waals surface area (Å²) in [5.74, 6) is 0.128. The molecule has 1 saturated heterocycles. The molecule has 1 heterocycles. The minimum atomic E-state index is 0.128. The number of piperidine rings is 1. The molecule has 1 atom stereocenters. The number of likely N-dealkylation sites (tertiary alicyclic amines) is 1. The molecule has 1 aliphatic heterocycles. The molecule has 98 valence electrons. The van der Waals surface area contributed by atoms with Crippen molar-refractivity contribution in [2.24, 2.45) is 0 Å². The number of benzene rings is 1. The van der Waals surface area contributed by atoms with Crippen molar-refractivity contribution in [3.8, 4) is 0 Å². The smallest absolute Gasteiger partial charge is 0.253 e. The first-order valence-corrected chi connectivity index (χ1v) is 6.68. The fraction of sp³-hybridized carbons (Fsp3) is 0.533. The lowest BCUT2D eigenvalue weighted by molar-refractivity contribution is 0.00724. The molecule has 1 aromatic carbocycles. The molecule has 0 spiro atoms. The van der Waals surface area contributed by atoms with Crippen LogP contribution in [0.15, 0.2) is 24.3 Å². The standard InChI is InChI=1S/C15H21NO2/c1-3-18-14-8-5-9-16(11-14)15(17)13-7-4-6-12(2)10-13/h4,6-7,10,14H,3,5,8-9,11H2,1-2H3. The number of carbonyl (C=O) groups excluding carboxylic acids is 1. The van der Waals surface area contributed by atoms with E-state index in [0.717, 1.165) is 43.7 Å². The number of hydrogen-bond acceptors (Lipinski definition) is 2. The van der Waals surface area contributed by atoms with Crippen molar-refractivity contribution in [2.45, 2.75) is 32.8 Å². The van der Waals surface area contributed by atoms with Crippen molar-refractivity contribution in [3.63, 3.8) is 0 Å². The van der Waals surface area contributed by atoms with Gasteiger partial charge in [0, 0.05) is 25.3 Å². The summed E-state index contributed by atoms with van der Waals surface area (Å²) in [5, 5.41) is 0. The SMILES string of the molecule is CCOC1CCCN(C(=O)c2cccc(C)c2)C1. The minimum Gasteiger partial charge on any atom is -0.377 e. The van der Waals surface area contributed by atoms with Gasteiger partial charge in [-0.05, 0) is 38.8 Å². The fourth-order valence-electron chi connectivity index (χ4n) is 2.46. The third-order valence-electron chi connectivity index (χ3n) is 3.33. The van der Waals surface area contributed by atoms with Crippen LogP contribution in [0.5, 0.6) is 0 Å². The molecular formula is C15H21NO2. The quantitative estimate of drug-likeness (QED) is 0.821. The van der Waals surface area contributed by atoms with E-state index in [9.17, 15) is 4.79 Å². The van der Waals surface area contributed by atoms with E-state index in [0.29, 0.717) is 0 Å². The van der Waals surface area contributed by atoms with E-state index < -0.39 is 0 Å². The largest absolute Gasteiger partial charge is 0.377 e. The molecule has 1 amide bonds. The highest BCUT2D eigenvalue weighted by Crippen LogP contribution is 2.16. The Morgan fingerprint density at radius 3 is 3.06 bits per heavy atom. The molecular weight excluding hydrogens is 226 g/mol. The Hall–Kier alpha value is -1.35. The predicted octanol–water partition coefficient (Wildman–Crippen LogP) is 2.64. The Morgan fingerprint density at radius 1 is 1.50 bits per heavy atom. The van der Waals surface area contributed by atoms with Gasteiger partial charge in [-0.2, -0.15) is 0 Å². The number of aryl methyl sites for hydroxylation is 1. The van der Waals surface area contributed by atoms with E-state index in [4.69, 9.17) is 4.74 Å². The van der Waals surface area contributed by atoms with E-state index in [1.165, 1.54) is 0 Å². The highest BCUT2D eigenvalue weighted by molar-refractivity contribution is 5.94. The molecule has 1 aliphatic rings. The molecule has 0 saturated carbocycles. The van der Waals surface area contributed by atoms with E-state index in [-0.39, 0.29) is 12.0 Å². The van der Waals surface area contributed by atoms with Crippen molar-refractivity contribution >= 4 is 5.91 Å². The van der Waals surface area contributed by atoms with Gasteiger partial charge in [-0.1, -0.05) is 17.7 Å². The second-order valence-electron chi connectivity index (χ2n) is 4.84. The van der Waals surface area contributed by atoms with Gasteiger partial charge in [0.2, 0.25) is 0 Å². The first-order chi connectivity index (χ1) is 8.70. The summed E-state index contributed by atoms with van der Waals surface area (Å²) >= 11 is 0. The van der Waals surface area contributed by atoms with Crippen molar-refractivity contribution < 1.29 is 9.53 Å². The monoisotopic (exact) mass is 247 g/mol. The van der Waals surface area contributed by atoms with E-state index in [1.54, 1.807) is 0 Å². The van der Waals surface area contributed by atoms with Gasteiger partial charge in [0.05, 0.1) is 6.10 Å². The third-order valence-corrected chi connectivity index (χ3v) is 3.33. The molecule has 0 N–H and O–H groups in total. The van der Waals surface area contributed by atoms with Crippen LogP contribution in [0.25, 0.3) is 0 Å². The van der Waals surface area contributed by atoms with Crippen LogP contribution in [0.1, 0.15) is 35.7 Å². The van der Waals surface area contributed by atoms with Crippen LogP contribution in [0, 0.1) is 6.92 Å². The minimum absolute atomic E-state index is 0.128. The highest BCUT2D eigenvalue weighted by atomic mass is 16.5. The molecule has 0 aliphatic carbocycles. The Balaban J connectivity index is 2.04. The molecule has 3 heteroatoms. The number of ether oxygens (including phenoxy) is 1. The average Bonchev–Trinajstić information content (AvgIpc) is 2.39. The maximum absolute atomic E-state index is 12.4. The first-order valence-electron chi connectivity index (χ1n) is 6.68. The topological polar surface area (TPSA) is 29.5 Å². The lowest BCUT2D eigenvalue weighted by Gasteiger charge is -2.32. The normalized spacial score (nSPS) is 19.9. The summed E-state index contributed by atoms with van der Waals surface area (Å²) in [7, 11) is 0. The number of carbonyl (C=O) groups is 1. The molecule has 2 rings (SSSR count). The van der Waals surface area contributed by atoms with Gasteiger partial charge < -0.3 is 9.64 Å². The van der Waals surface area contributed by atoms with Crippen LogP contribution in [-0.2, 0) is 4.74 Å². The molecule has 0 bridgehead atoms. The van der Waals surface area contributed by atoms with Gasteiger partial charge >= 0.3 is 0 Å². The van der Waals surface area contributed by atoms with Gasteiger partial charge in [-0.3, -0.25) is 4.79 Å². The van der Waals surface area contributed by atoms with Crippen molar-refractivity contribution in [2.75, 3.05) is 19.7 Å². The van der Waals surface area contributed by atoms with E-state index in [1.807, 2.05) is 43.0 Å². The number of rotatable bonds is 3.